The molecule has 0 fully saturated rings. The second-order valence-corrected chi connectivity index (χ2v) is 11.6. The third kappa shape index (κ3) is 2.81. The molecule has 0 bridgehead atoms. The highest BCUT2D eigenvalue weighted by atomic mass is 32.2. The van der Waals surface area contributed by atoms with Crippen LogP contribution in [0.15, 0.2) is 42.0 Å². The summed E-state index contributed by atoms with van der Waals surface area (Å²) in [4.78, 5) is 0. The van der Waals surface area contributed by atoms with E-state index in [-0.39, 0.29) is 10.2 Å². The molecule has 1 heteroatoms. The Bertz CT molecular complexity index is 1230. The van der Waals surface area contributed by atoms with E-state index in [1.807, 2.05) is 11.8 Å². The standard InChI is InChI=1S/C28H30S/c1-27(2,3)19-13-17-9-7-12-22-24-16-20(28(4,5)29-6)14-18-10-8-11-21(26(18)24)23(15-19)25(17)22/h7-11,13,15-16H,12,14H2,1-6H3. The van der Waals surface area contributed by atoms with Crippen LogP contribution in [0, 0.1) is 0 Å². The lowest BCUT2D eigenvalue weighted by Crippen LogP contribution is -2.21. The van der Waals surface area contributed by atoms with E-state index < -0.39 is 0 Å². The van der Waals surface area contributed by atoms with E-state index in [9.17, 15) is 0 Å². The summed E-state index contributed by atoms with van der Waals surface area (Å²) in [6.45, 7) is 11.7. The van der Waals surface area contributed by atoms with E-state index in [0.29, 0.717) is 0 Å². The lowest BCUT2D eigenvalue weighted by molar-refractivity contribution is 0.591. The summed E-state index contributed by atoms with van der Waals surface area (Å²) in [7, 11) is 0. The van der Waals surface area contributed by atoms with Crippen molar-refractivity contribution < 1.29 is 0 Å². The molecule has 29 heavy (non-hydrogen) atoms. The Kier molecular flexibility index (Phi) is 4.10. The molecule has 148 valence electrons. The van der Waals surface area contributed by atoms with Crippen LogP contribution in [-0.2, 0) is 18.3 Å². The first kappa shape index (κ1) is 19.0. The number of allylic oxidation sites excluding steroid dienone is 1. The van der Waals surface area contributed by atoms with Gasteiger partial charge in [-0.1, -0.05) is 63.3 Å². The number of rotatable bonds is 2. The summed E-state index contributed by atoms with van der Waals surface area (Å²) in [6, 6.07) is 11.8. The Balaban J connectivity index is 1.95. The SMILES string of the molecule is CSC(C)(C)C1=Cc2c3c4c(cc(C(C)(C)C)cc4c4cccc(c24)C1)C=CC3. The average molecular weight is 399 g/mol. The third-order valence-electron chi connectivity index (χ3n) is 6.97. The van der Waals surface area contributed by atoms with Gasteiger partial charge in [0.15, 0.2) is 0 Å². The van der Waals surface area contributed by atoms with Crippen molar-refractivity contribution in [1.29, 1.82) is 0 Å². The largest absolute Gasteiger partial charge is 0.155 e. The second kappa shape index (κ2) is 6.25. The van der Waals surface area contributed by atoms with Gasteiger partial charge < -0.3 is 0 Å². The number of benzene rings is 3. The molecule has 0 saturated heterocycles. The van der Waals surface area contributed by atoms with E-state index in [4.69, 9.17) is 0 Å². The van der Waals surface area contributed by atoms with E-state index in [2.05, 4.69) is 89.4 Å². The van der Waals surface area contributed by atoms with E-state index in [0.717, 1.165) is 12.8 Å². The van der Waals surface area contributed by atoms with Crippen LogP contribution in [0.25, 0.3) is 33.7 Å². The number of fused-ring (bicyclic) bond motifs is 2. The predicted octanol–water partition coefficient (Wildman–Crippen LogP) is 7.94. The Labute approximate surface area is 179 Å². The van der Waals surface area contributed by atoms with Crippen molar-refractivity contribution in [2.24, 2.45) is 0 Å². The molecule has 0 atom stereocenters. The van der Waals surface area contributed by atoms with Crippen molar-refractivity contribution in [2.45, 2.75) is 57.6 Å². The maximum absolute atomic E-state index is 2.53. The van der Waals surface area contributed by atoms with Crippen molar-refractivity contribution in [3.63, 3.8) is 0 Å². The average Bonchev–Trinajstić information content (AvgIpc) is 2.70. The normalized spacial score (nSPS) is 15.9. The molecule has 0 amide bonds. The molecular weight excluding hydrogens is 368 g/mol. The number of hydrogen-bond donors (Lipinski definition) is 0. The lowest BCUT2D eigenvalue weighted by Gasteiger charge is -2.32. The quantitative estimate of drug-likeness (QED) is 0.395. The van der Waals surface area contributed by atoms with Gasteiger partial charge in [0.1, 0.15) is 0 Å². The molecular formula is C28H30S. The van der Waals surface area contributed by atoms with Crippen molar-refractivity contribution in [2.75, 3.05) is 6.26 Å². The van der Waals surface area contributed by atoms with Gasteiger partial charge in [0.2, 0.25) is 0 Å². The Morgan fingerprint density at radius 3 is 2.45 bits per heavy atom. The first-order chi connectivity index (χ1) is 13.7. The topological polar surface area (TPSA) is 0 Å². The van der Waals surface area contributed by atoms with Gasteiger partial charge in [-0.25, -0.2) is 0 Å². The highest BCUT2D eigenvalue weighted by molar-refractivity contribution is 8.00. The maximum Gasteiger partial charge on any atom is 0.0315 e. The van der Waals surface area contributed by atoms with Gasteiger partial charge in [-0.2, -0.15) is 11.8 Å². The van der Waals surface area contributed by atoms with E-state index in [1.165, 1.54) is 49.4 Å². The summed E-state index contributed by atoms with van der Waals surface area (Å²) in [5.74, 6) is 0. The molecule has 0 aromatic heterocycles. The second-order valence-electron chi connectivity index (χ2n) is 10.1. The molecule has 0 nitrogen and oxygen atoms in total. The zero-order chi connectivity index (χ0) is 20.6. The summed E-state index contributed by atoms with van der Waals surface area (Å²) in [6.07, 6.45) is 11.5. The lowest BCUT2D eigenvalue weighted by atomic mass is 9.76. The van der Waals surface area contributed by atoms with Gasteiger partial charge in [0.25, 0.3) is 0 Å². The molecule has 3 aromatic rings. The van der Waals surface area contributed by atoms with E-state index >= 15 is 0 Å². The van der Waals surface area contributed by atoms with Crippen molar-refractivity contribution in [1.82, 2.24) is 0 Å². The van der Waals surface area contributed by atoms with Gasteiger partial charge in [-0.15, -0.1) is 0 Å². The number of hydrogen-bond acceptors (Lipinski definition) is 1. The molecule has 0 saturated carbocycles. The molecule has 2 aliphatic rings. The molecule has 0 unspecified atom stereocenters. The Hall–Kier alpha value is -1.99. The summed E-state index contributed by atoms with van der Waals surface area (Å²) >= 11 is 1.95. The third-order valence-corrected chi connectivity index (χ3v) is 8.26. The molecule has 0 N–H and O–H groups in total. The molecule has 2 aliphatic carbocycles. The highest BCUT2D eigenvalue weighted by Gasteiger charge is 2.29. The van der Waals surface area contributed by atoms with Crippen molar-refractivity contribution >= 4 is 45.5 Å². The summed E-state index contributed by atoms with van der Waals surface area (Å²) < 4.78 is 0.158. The summed E-state index contributed by atoms with van der Waals surface area (Å²) in [5, 5.41) is 5.83. The highest BCUT2D eigenvalue weighted by Crippen LogP contribution is 2.46. The van der Waals surface area contributed by atoms with Gasteiger partial charge in [0, 0.05) is 4.75 Å². The van der Waals surface area contributed by atoms with Crippen LogP contribution in [0.5, 0.6) is 0 Å². The molecule has 0 heterocycles. The zero-order valence-corrected chi connectivity index (χ0v) is 19.3. The number of thioether (sulfide) groups is 1. The van der Waals surface area contributed by atoms with Crippen LogP contribution in [0.2, 0.25) is 0 Å². The molecule has 0 aliphatic heterocycles. The minimum absolute atomic E-state index is 0.144. The molecule has 3 aromatic carbocycles. The Morgan fingerprint density at radius 2 is 1.72 bits per heavy atom. The fourth-order valence-corrected chi connectivity index (χ4v) is 5.37. The van der Waals surface area contributed by atoms with Crippen LogP contribution in [0.4, 0.5) is 0 Å². The van der Waals surface area contributed by atoms with E-state index in [1.54, 1.807) is 5.57 Å². The van der Waals surface area contributed by atoms with Crippen LogP contribution >= 0.6 is 11.8 Å². The predicted molar refractivity (Wildman–Crippen MR) is 132 cm³/mol. The van der Waals surface area contributed by atoms with Crippen molar-refractivity contribution in [3.05, 3.63) is 69.8 Å². The fourth-order valence-electron chi connectivity index (χ4n) is 4.98. The summed E-state index contributed by atoms with van der Waals surface area (Å²) in [5.41, 5.74) is 8.99. The van der Waals surface area contributed by atoms with Crippen LogP contribution in [0.3, 0.4) is 0 Å². The monoisotopic (exact) mass is 398 g/mol. The van der Waals surface area contributed by atoms with Gasteiger partial charge in [-0.3, -0.25) is 0 Å². The van der Waals surface area contributed by atoms with Gasteiger partial charge in [0.05, 0.1) is 0 Å². The van der Waals surface area contributed by atoms with Crippen molar-refractivity contribution in [3.8, 4) is 0 Å². The molecule has 0 radical (unpaired) electrons. The molecule has 5 rings (SSSR count). The maximum atomic E-state index is 2.53. The van der Waals surface area contributed by atoms with Crippen LogP contribution < -0.4 is 0 Å². The zero-order valence-electron chi connectivity index (χ0n) is 18.4. The fraction of sp³-hybridized carbons (Fsp3) is 0.357. The first-order valence-corrected chi connectivity index (χ1v) is 11.9. The smallest absolute Gasteiger partial charge is 0.0315 e. The Morgan fingerprint density at radius 1 is 0.931 bits per heavy atom. The van der Waals surface area contributed by atoms with Crippen LogP contribution in [0.1, 0.15) is 62.4 Å². The van der Waals surface area contributed by atoms with Gasteiger partial charge >= 0.3 is 0 Å². The minimum atomic E-state index is 0.144. The molecule has 0 spiro atoms. The van der Waals surface area contributed by atoms with Gasteiger partial charge in [-0.05, 0) is 99.4 Å². The first-order valence-electron chi connectivity index (χ1n) is 10.7. The van der Waals surface area contributed by atoms with Crippen LogP contribution in [-0.4, -0.2) is 11.0 Å². The minimum Gasteiger partial charge on any atom is -0.155 e.